The molecule has 0 bridgehead atoms. The molecule has 1 aromatic rings. The predicted octanol–water partition coefficient (Wildman–Crippen LogP) is 0.775. The first kappa shape index (κ1) is 9.22. The van der Waals surface area contributed by atoms with E-state index in [0.29, 0.717) is 6.54 Å². The summed E-state index contributed by atoms with van der Waals surface area (Å²) < 4.78 is 13.4. The van der Waals surface area contributed by atoms with Crippen molar-refractivity contribution in [1.29, 1.82) is 0 Å². The molecule has 0 aromatic heterocycles. The van der Waals surface area contributed by atoms with Crippen LogP contribution < -0.4 is 4.72 Å². The second kappa shape index (κ2) is 4.23. The first-order valence-corrected chi connectivity index (χ1v) is 5.09. The third kappa shape index (κ3) is 3.02. The molecule has 66 valence electrons. The van der Waals surface area contributed by atoms with Gasteiger partial charge in [-0.2, -0.15) is 0 Å². The van der Waals surface area contributed by atoms with Crippen LogP contribution in [0.15, 0.2) is 24.3 Å². The quantitative estimate of drug-likeness (QED) is 0.731. The highest BCUT2D eigenvalue weighted by molar-refractivity contribution is 7.82. The molecule has 1 atom stereocenters. The molecule has 1 aromatic carbocycles. The molecule has 1 rings (SSSR count). The summed E-state index contributed by atoms with van der Waals surface area (Å²) in [7, 11) is -0.984. The van der Waals surface area contributed by atoms with Crippen LogP contribution in [0.5, 0.6) is 5.75 Å². The van der Waals surface area contributed by atoms with Crippen LogP contribution in [0.1, 0.15) is 5.56 Å². The molecule has 0 amide bonds. The van der Waals surface area contributed by atoms with E-state index in [1.54, 1.807) is 30.5 Å². The Morgan fingerprint density at radius 1 is 1.42 bits per heavy atom. The van der Waals surface area contributed by atoms with Crippen LogP contribution in [0.2, 0.25) is 0 Å². The SMILES string of the molecule is CS(=O)NCc1ccc(O)cc1. The Kier molecular flexibility index (Phi) is 3.25. The third-order valence-electron chi connectivity index (χ3n) is 1.42. The lowest BCUT2D eigenvalue weighted by Gasteiger charge is -2.00. The first-order chi connectivity index (χ1) is 5.68. The van der Waals surface area contributed by atoms with Crippen molar-refractivity contribution >= 4 is 11.0 Å². The van der Waals surface area contributed by atoms with Crippen molar-refractivity contribution in [3.8, 4) is 5.75 Å². The molecule has 12 heavy (non-hydrogen) atoms. The van der Waals surface area contributed by atoms with E-state index in [9.17, 15) is 4.21 Å². The average molecular weight is 185 g/mol. The minimum Gasteiger partial charge on any atom is -0.508 e. The highest BCUT2D eigenvalue weighted by Gasteiger charge is 1.93. The molecule has 0 heterocycles. The highest BCUT2D eigenvalue weighted by atomic mass is 32.2. The minimum absolute atomic E-state index is 0.247. The van der Waals surface area contributed by atoms with E-state index in [-0.39, 0.29) is 5.75 Å². The Hall–Kier alpha value is -0.870. The first-order valence-electron chi connectivity index (χ1n) is 3.53. The number of benzene rings is 1. The van der Waals surface area contributed by atoms with E-state index in [0.717, 1.165) is 5.56 Å². The molecule has 4 heteroatoms. The molecular formula is C8H11NO2S. The fraction of sp³-hybridized carbons (Fsp3) is 0.250. The van der Waals surface area contributed by atoms with Crippen molar-refractivity contribution in [3.05, 3.63) is 29.8 Å². The van der Waals surface area contributed by atoms with Crippen LogP contribution in [0.3, 0.4) is 0 Å². The van der Waals surface area contributed by atoms with E-state index in [1.165, 1.54) is 0 Å². The van der Waals surface area contributed by atoms with E-state index < -0.39 is 11.0 Å². The summed E-state index contributed by atoms with van der Waals surface area (Å²) >= 11 is 0. The van der Waals surface area contributed by atoms with Gasteiger partial charge in [0.1, 0.15) is 5.75 Å². The Balaban J connectivity index is 2.53. The third-order valence-corrected chi connectivity index (χ3v) is 1.97. The van der Waals surface area contributed by atoms with Gasteiger partial charge in [0.15, 0.2) is 0 Å². The van der Waals surface area contributed by atoms with Gasteiger partial charge in [-0.3, -0.25) is 0 Å². The largest absolute Gasteiger partial charge is 0.508 e. The van der Waals surface area contributed by atoms with Gasteiger partial charge in [0.25, 0.3) is 0 Å². The predicted molar refractivity (Wildman–Crippen MR) is 49.0 cm³/mol. The molecule has 0 saturated heterocycles. The minimum atomic E-state index is -0.984. The highest BCUT2D eigenvalue weighted by Crippen LogP contribution is 2.08. The van der Waals surface area contributed by atoms with Crippen molar-refractivity contribution < 1.29 is 9.32 Å². The summed E-state index contributed by atoms with van der Waals surface area (Å²) in [6, 6.07) is 6.79. The molecule has 3 nitrogen and oxygen atoms in total. The number of rotatable bonds is 3. The summed E-state index contributed by atoms with van der Waals surface area (Å²) in [6.45, 7) is 0.559. The van der Waals surface area contributed by atoms with Crippen molar-refractivity contribution in [2.45, 2.75) is 6.54 Å². The summed E-state index contributed by atoms with van der Waals surface area (Å²) in [6.07, 6.45) is 1.58. The molecular weight excluding hydrogens is 174 g/mol. The van der Waals surface area contributed by atoms with Crippen molar-refractivity contribution in [2.24, 2.45) is 0 Å². The van der Waals surface area contributed by atoms with Gasteiger partial charge in [0.2, 0.25) is 0 Å². The summed E-state index contributed by atoms with van der Waals surface area (Å²) in [5.41, 5.74) is 1.00. The Bertz CT molecular complexity index is 271. The van der Waals surface area contributed by atoms with Gasteiger partial charge in [-0.05, 0) is 17.7 Å². The zero-order valence-corrected chi connectivity index (χ0v) is 7.60. The average Bonchev–Trinajstić information content (AvgIpc) is 2.03. The number of nitrogens with one attached hydrogen (secondary N) is 1. The lowest BCUT2D eigenvalue weighted by atomic mass is 10.2. The second-order valence-corrected chi connectivity index (χ2v) is 3.64. The number of hydrogen-bond acceptors (Lipinski definition) is 2. The van der Waals surface area contributed by atoms with Gasteiger partial charge >= 0.3 is 0 Å². The number of hydrogen-bond donors (Lipinski definition) is 2. The van der Waals surface area contributed by atoms with E-state index in [1.807, 2.05) is 0 Å². The topological polar surface area (TPSA) is 49.3 Å². The van der Waals surface area contributed by atoms with Gasteiger partial charge in [-0.1, -0.05) is 12.1 Å². The fourth-order valence-electron chi connectivity index (χ4n) is 0.799. The Morgan fingerprint density at radius 3 is 2.50 bits per heavy atom. The number of phenols is 1. The van der Waals surface area contributed by atoms with Crippen molar-refractivity contribution in [2.75, 3.05) is 6.26 Å². The van der Waals surface area contributed by atoms with Crippen LogP contribution in [0, 0.1) is 0 Å². The monoisotopic (exact) mass is 185 g/mol. The van der Waals surface area contributed by atoms with Gasteiger partial charge in [-0.25, -0.2) is 8.93 Å². The summed E-state index contributed by atoms with van der Waals surface area (Å²) in [4.78, 5) is 0. The Morgan fingerprint density at radius 2 is 2.00 bits per heavy atom. The lowest BCUT2D eigenvalue weighted by Crippen LogP contribution is -2.14. The van der Waals surface area contributed by atoms with Crippen LogP contribution in [-0.4, -0.2) is 15.6 Å². The molecule has 2 N–H and O–H groups in total. The lowest BCUT2D eigenvalue weighted by molar-refractivity contribution is 0.475. The standard InChI is InChI=1S/C8H11NO2S/c1-12(11)9-6-7-2-4-8(10)5-3-7/h2-5,9-10H,6H2,1H3. The van der Waals surface area contributed by atoms with Crippen molar-refractivity contribution in [3.63, 3.8) is 0 Å². The van der Waals surface area contributed by atoms with Crippen LogP contribution in [-0.2, 0) is 17.5 Å². The summed E-state index contributed by atoms with van der Waals surface area (Å²) in [5, 5.41) is 8.95. The molecule has 0 radical (unpaired) electrons. The zero-order chi connectivity index (χ0) is 8.97. The van der Waals surface area contributed by atoms with Gasteiger partial charge in [-0.15, -0.1) is 0 Å². The van der Waals surface area contributed by atoms with Gasteiger partial charge in [0, 0.05) is 12.8 Å². The zero-order valence-electron chi connectivity index (χ0n) is 6.78. The number of aromatic hydroxyl groups is 1. The Labute approximate surface area is 74.0 Å². The molecule has 0 spiro atoms. The number of phenolic OH excluding ortho intramolecular Hbond substituents is 1. The molecule has 0 aliphatic rings. The molecule has 0 fully saturated rings. The van der Waals surface area contributed by atoms with E-state index in [4.69, 9.17) is 5.11 Å². The molecule has 0 aliphatic carbocycles. The maximum Gasteiger partial charge on any atom is 0.115 e. The smallest absolute Gasteiger partial charge is 0.115 e. The molecule has 0 saturated carbocycles. The molecule has 0 aliphatic heterocycles. The van der Waals surface area contributed by atoms with E-state index >= 15 is 0 Å². The molecule has 1 unspecified atom stereocenters. The van der Waals surface area contributed by atoms with Crippen LogP contribution in [0.25, 0.3) is 0 Å². The maximum atomic E-state index is 10.6. The van der Waals surface area contributed by atoms with Gasteiger partial charge in [0.05, 0.1) is 11.0 Å². The summed E-state index contributed by atoms with van der Waals surface area (Å²) in [5.74, 6) is 0.247. The van der Waals surface area contributed by atoms with Crippen LogP contribution in [0.4, 0.5) is 0 Å². The normalized spacial score (nSPS) is 12.8. The van der Waals surface area contributed by atoms with E-state index in [2.05, 4.69) is 4.72 Å². The second-order valence-electron chi connectivity index (χ2n) is 2.44. The van der Waals surface area contributed by atoms with Crippen LogP contribution >= 0.6 is 0 Å². The fourth-order valence-corrected chi connectivity index (χ4v) is 1.17. The van der Waals surface area contributed by atoms with Crippen molar-refractivity contribution in [1.82, 2.24) is 4.72 Å². The maximum absolute atomic E-state index is 10.6. The van der Waals surface area contributed by atoms with Gasteiger partial charge < -0.3 is 5.11 Å².